The van der Waals surface area contributed by atoms with Gasteiger partial charge in [-0.15, -0.1) is 0 Å². The minimum atomic E-state index is -4.00. The Morgan fingerprint density at radius 3 is 2.73 bits per heavy atom. The minimum Gasteiger partial charge on any atom is -0.479 e. The lowest BCUT2D eigenvalue weighted by atomic mass is 10.1. The number of hydrogen-bond acceptors (Lipinski definition) is 5. The molecule has 0 radical (unpaired) electrons. The van der Waals surface area contributed by atoms with Crippen LogP contribution in [0.3, 0.4) is 0 Å². The van der Waals surface area contributed by atoms with E-state index in [4.69, 9.17) is 5.11 Å². The number of benzene rings is 1. The zero-order valence-corrected chi connectivity index (χ0v) is 12.9. The van der Waals surface area contributed by atoms with Crippen LogP contribution in [0.5, 0.6) is 0 Å². The largest absolute Gasteiger partial charge is 0.479 e. The first kappa shape index (κ1) is 16.3. The summed E-state index contributed by atoms with van der Waals surface area (Å²) in [5, 5.41) is 19.1. The summed E-state index contributed by atoms with van der Waals surface area (Å²) in [6.07, 6.45) is 1.55. The van der Waals surface area contributed by atoms with Crippen molar-refractivity contribution >= 4 is 26.9 Å². The number of sulfonamides is 1. The fourth-order valence-electron chi connectivity index (χ4n) is 1.85. The van der Waals surface area contributed by atoms with E-state index in [1.54, 1.807) is 24.4 Å². The number of carboxylic acid groups (broad SMARTS) is 1. The summed E-state index contributed by atoms with van der Waals surface area (Å²) in [5.74, 6) is -1.51. The van der Waals surface area contributed by atoms with Gasteiger partial charge >= 0.3 is 5.97 Å². The molecule has 118 valence electrons. The molecular weight excluding hydrogens is 308 g/mol. The molecule has 0 aliphatic heterocycles. The number of aryl methyl sites for hydroxylation is 1. The van der Waals surface area contributed by atoms with Gasteiger partial charge in [0.1, 0.15) is 4.90 Å². The molecule has 1 aromatic heterocycles. The first-order valence-electron chi connectivity index (χ1n) is 6.44. The summed E-state index contributed by atoms with van der Waals surface area (Å²) in [6, 6.07) is 6.49. The van der Waals surface area contributed by atoms with Crippen LogP contribution in [0.2, 0.25) is 0 Å². The Bertz CT molecular complexity index is 830. The van der Waals surface area contributed by atoms with Crippen molar-refractivity contribution in [1.29, 1.82) is 0 Å². The summed E-state index contributed by atoms with van der Waals surface area (Å²) in [5.41, 5.74) is -1.01. The normalized spacial score (nSPS) is 14.7. The second-order valence-electron chi connectivity index (χ2n) is 5.24. The highest BCUT2D eigenvalue weighted by Crippen LogP contribution is 2.21. The van der Waals surface area contributed by atoms with Crippen molar-refractivity contribution in [1.82, 2.24) is 9.71 Å². The molecule has 22 heavy (non-hydrogen) atoms. The van der Waals surface area contributed by atoms with Gasteiger partial charge in [-0.25, -0.2) is 17.9 Å². The number of aromatic nitrogens is 1. The number of hydrogen-bond donors (Lipinski definition) is 3. The summed E-state index contributed by atoms with van der Waals surface area (Å²) in [6.45, 7) is 2.21. The SMILES string of the molecule is Cc1cnc2c(S(=O)(=O)NCC(C)(O)C(=O)O)cccc2c1. The molecule has 0 aliphatic carbocycles. The van der Waals surface area contributed by atoms with Crippen molar-refractivity contribution in [3.05, 3.63) is 36.0 Å². The van der Waals surface area contributed by atoms with Gasteiger partial charge in [0.05, 0.1) is 12.1 Å². The molecule has 0 fully saturated rings. The van der Waals surface area contributed by atoms with Crippen molar-refractivity contribution in [3.63, 3.8) is 0 Å². The quantitative estimate of drug-likeness (QED) is 0.744. The molecule has 1 unspecified atom stereocenters. The molecule has 0 spiro atoms. The van der Waals surface area contributed by atoms with E-state index >= 15 is 0 Å². The lowest BCUT2D eigenvalue weighted by Gasteiger charge is -2.18. The Morgan fingerprint density at radius 1 is 1.41 bits per heavy atom. The van der Waals surface area contributed by atoms with E-state index in [9.17, 15) is 18.3 Å². The van der Waals surface area contributed by atoms with Crippen LogP contribution in [-0.2, 0) is 14.8 Å². The lowest BCUT2D eigenvalue weighted by Crippen LogP contribution is -2.46. The molecule has 1 heterocycles. The van der Waals surface area contributed by atoms with Gasteiger partial charge in [0.15, 0.2) is 5.60 Å². The molecule has 3 N–H and O–H groups in total. The maximum Gasteiger partial charge on any atom is 0.336 e. The number of carbonyl (C=O) groups is 1. The van der Waals surface area contributed by atoms with Crippen LogP contribution in [0.15, 0.2) is 35.4 Å². The second kappa shape index (κ2) is 5.64. The predicted octanol–water partition coefficient (Wildman–Crippen LogP) is 0.657. The van der Waals surface area contributed by atoms with Gasteiger partial charge in [-0.3, -0.25) is 4.98 Å². The van der Waals surface area contributed by atoms with Gasteiger partial charge in [0, 0.05) is 11.6 Å². The Balaban J connectivity index is 2.40. The first-order chi connectivity index (χ1) is 10.1. The molecule has 0 saturated heterocycles. The van der Waals surface area contributed by atoms with Gasteiger partial charge in [-0.2, -0.15) is 0 Å². The third-order valence-corrected chi connectivity index (χ3v) is 4.60. The molecule has 7 nitrogen and oxygen atoms in total. The molecule has 2 aromatic rings. The minimum absolute atomic E-state index is 0.0637. The smallest absolute Gasteiger partial charge is 0.336 e. The van der Waals surface area contributed by atoms with E-state index in [0.29, 0.717) is 5.39 Å². The van der Waals surface area contributed by atoms with E-state index in [1.807, 2.05) is 6.92 Å². The first-order valence-corrected chi connectivity index (χ1v) is 7.93. The molecule has 1 aromatic carbocycles. The van der Waals surface area contributed by atoms with Gasteiger partial charge < -0.3 is 10.2 Å². The third kappa shape index (κ3) is 3.24. The van der Waals surface area contributed by atoms with E-state index in [-0.39, 0.29) is 10.4 Å². The van der Waals surface area contributed by atoms with Crippen molar-refractivity contribution in [2.45, 2.75) is 24.3 Å². The van der Waals surface area contributed by atoms with Crippen LogP contribution in [0.1, 0.15) is 12.5 Å². The van der Waals surface area contributed by atoms with Crippen LogP contribution in [0, 0.1) is 6.92 Å². The number of nitrogens with zero attached hydrogens (tertiary/aromatic N) is 1. The molecule has 1 atom stereocenters. The lowest BCUT2D eigenvalue weighted by molar-refractivity contribution is -0.155. The van der Waals surface area contributed by atoms with E-state index in [1.165, 1.54) is 6.07 Å². The van der Waals surface area contributed by atoms with E-state index in [2.05, 4.69) is 9.71 Å². The fourth-order valence-corrected chi connectivity index (χ4v) is 3.16. The number of carboxylic acids is 1. The number of nitrogens with one attached hydrogen (secondary N) is 1. The van der Waals surface area contributed by atoms with E-state index in [0.717, 1.165) is 12.5 Å². The molecule has 0 bridgehead atoms. The molecule has 0 aliphatic rings. The van der Waals surface area contributed by atoms with E-state index < -0.39 is 28.1 Å². The number of fused-ring (bicyclic) bond motifs is 1. The van der Waals surface area contributed by atoms with Crippen LogP contribution in [-0.4, -0.2) is 41.7 Å². The molecule has 0 saturated carbocycles. The van der Waals surface area contributed by atoms with Gasteiger partial charge in [0.25, 0.3) is 0 Å². The average molecular weight is 324 g/mol. The van der Waals surface area contributed by atoms with Crippen LogP contribution >= 0.6 is 0 Å². The summed E-state index contributed by atoms with van der Waals surface area (Å²) < 4.78 is 26.8. The monoisotopic (exact) mass is 324 g/mol. The zero-order chi connectivity index (χ0) is 16.5. The van der Waals surface area contributed by atoms with Crippen molar-refractivity contribution in [3.8, 4) is 0 Å². The predicted molar refractivity (Wildman–Crippen MR) is 79.9 cm³/mol. The maximum atomic E-state index is 12.3. The number of rotatable bonds is 5. The third-order valence-electron chi connectivity index (χ3n) is 3.17. The van der Waals surface area contributed by atoms with Crippen LogP contribution in [0.4, 0.5) is 0 Å². The molecule has 8 heteroatoms. The Morgan fingerprint density at radius 2 is 2.09 bits per heavy atom. The number of aliphatic hydroxyl groups is 1. The van der Waals surface area contributed by atoms with Gasteiger partial charge in [0.2, 0.25) is 10.0 Å². The fraction of sp³-hybridized carbons (Fsp3) is 0.286. The van der Waals surface area contributed by atoms with Crippen LogP contribution < -0.4 is 4.72 Å². The molecular formula is C14H16N2O5S. The highest BCUT2D eigenvalue weighted by Gasteiger charge is 2.32. The zero-order valence-electron chi connectivity index (χ0n) is 12.1. The highest BCUT2D eigenvalue weighted by atomic mass is 32.2. The highest BCUT2D eigenvalue weighted by molar-refractivity contribution is 7.89. The topological polar surface area (TPSA) is 117 Å². The number of aliphatic carboxylic acids is 1. The Labute approximate surface area is 127 Å². The standard InChI is InChI=1S/C14H16N2O5S/c1-9-6-10-4-3-5-11(12(10)15-7-9)22(20,21)16-8-14(2,19)13(17)18/h3-7,16,19H,8H2,1-2H3,(H,17,18). The summed E-state index contributed by atoms with van der Waals surface area (Å²) >= 11 is 0. The maximum absolute atomic E-state index is 12.3. The van der Waals surface area contributed by atoms with Crippen molar-refractivity contribution < 1.29 is 23.4 Å². The molecule has 2 rings (SSSR count). The van der Waals surface area contributed by atoms with Gasteiger partial charge in [-0.1, -0.05) is 12.1 Å². The van der Waals surface area contributed by atoms with Gasteiger partial charge in [-0.05, 0) is 31.5 Å². The summed E-state index contributed by atoms with van der Waals surface area (Å²) in [4.78, 5) is 14.9. The number of pyridine rings is 1. The second-order valence-corrected chi connectivity index (χ2v) is 6.98. The number of para-hydroxylation sites is 1. The molecule has 0 amide bonds. The Hall–Kier alpha value is -2.03. The van der Waals surface area contributed by atoms with Crippen molar-refractivity contribution in [2.24, 2.45) is 0 Å². The Kier molecular flexibility index (Phi) is 4.19. The van der Waals surface area contributed by atoms with Crippen LogP contribution in [0.25, 0.3) is 10.9 Å². The van der Waals surface area contributed by atoms with Crippen molar-refractivity contribution in [2.75, 3.05) is 6.54 Å². The summed E-state index contributed by atoms with van der Waals surface area (Å²) in [7, 11) is -4.00. The average Bonchev–Trinajstić information content (AvgIpc) is 2.44.